The van der Waals surface area contributed by atoms with Gasteiger partial charge in [0.2, 0.25) is 0 Å². The maximum atomic E-state index is 11.0. The monoisotopic (exact) mass is 288 g/mol. The Morgan fingerprint density at radius 2 is 1.67 bits per heavy atom. The molecule has 6 nitrogen and oxygen atoms in total. The topological polar surface area (TPSA) is 85.0 Å². The summed E-state index contributed by atoms with van der Waals surface area (Å²) in [5, 5.41) is 9.01. The Morgan fingerprint density at radius 3 is 2.24 bits per heavy atom. The molecule has 0 saturated heterocycles. The minimum atomic E-state index is -1.09. The Morgan fingerprint density at radius 1 is 1.10 bits per heavy atom. The van der Waals surface area contributed by atoms with Crippen molar-refractivity contribution in [1.29, 1.82) is 0 Å². The first-order chi connectivity index (χ1) is 10.0. The van der Waals surface area contributed by atoms with Gasteiger partial charge in [-0.05, 0) is 36.4 Å². The van der Waals surface area contributed by atoms with Gasteiger partial charge in [0, 0.05) is 13.1 Å². The van der Waals surface area contributed by atoms with E-state index in [4.69, 9.17) is 20.3 Å². The number of nitrogens with two attached hydrogens (primary N) is 1. The largest absolute Gasteiger partial charge is 0.497 e. The van der Waals surface area contributed by atoms with Crippen LogP contribution in [-0.4, -0.2) is 25.4 Å². The number of ether oxygens (including phenoxy) is 2. The third-order valence-corrected chi connectivity index (χ3v) is 2.95. The molecule has 1 amide bonds. The average Bonchev–Trinajstić information content (AvgIpc) is 2.49. The zero-order valence-corrected chi connectivity index (χ0v) is 11.7. The predicted molar refractivity (Wildman–Crippen MR) is 80.4 cm³/mol. The molecule has 0 spiro atoms. The minimum absolute atomic E-state index is 0.363. The Labute approximate surface area is 122 Å². The van der Waals surface area contributed by atoms with Crippen LogP contribution in [0, 0.1) is 0 Å². The summed E-state index contributed by atoms with van der Waals surface area (Å²) in [6.07, 6.45) is -1.09. The fourth-order valence-electron chi connectivity index (χ4n) is 1.76. The van der Waals surface area contributed by atoms with Gasteiger partial charge in [-0.1, -0.05) is 0 Å². The maximum absolute atomic E-state index is 11.0. The lowest BCUT2D eigenvalue weighted by atomic mass is 10.2. The Bertz CT molecular complexity index is 641. The highest BCUT2D eigenvalue weighted by Gasteiger charge is 2.13. The number of carbonyl (C=O) groups is 1. The number of nitrogen functional groups attached to an aromatic ring is 1. The van der Waals surface area contributed by atoms with E-state index in [-0.39, 0.29) is 0 Å². The molecule has 21 heavy (non-hydrogen) atoms. The summed E-state index contributed by atoms with van der Waals surface area (Å²) in [6, 6.07) is 11.9. The van der Waals surface area contributed by atoms with Crippen LogP contribution in [0.25, 0.3) is 0 Å². The van der Waals surface area contributed by atoms with Crippen LogP contribution in [0.1, 0.15) is 0 Å². The van der Waals surface area contributed by atoms with Crippen LogP contribution in [0.2, 0.25) is 0 Å². The summed E-state index contributed by atoms with van der Waals surface area (Å²) in [5.74, 6) is 1.84. The number of anilines is 2. The second-order valence-electron chi connectivity index (χ2n) is 4.34. The van der Waals surface area contributed by atoms with E-state index >= 15 is 0 Å². The summed E-state index contributed by atoms with van der Waals surface area (Å²) >= 11 is 0. The van der Waals surface area contributed by atoms with Crippen molar-refractivity contribution in [1.82, 2.24) is 0 Å². The minimum Gasteiger partial charge on any atom is -0.497 e. The van der Waals surface area contributed by atoms with E-state index in [1.54, 1.807) is 49.6 Å². The fraction of sp³-hybridized carbons (Fsp3) is 0.133. The lowest BCUT2D eigenvalue weighted by Gasteiger charge is -2.17. The Balaban J connectivity index is 2.24. The van der Waals surface area contributed by atoms with Crippen molar-refractivity contribution in [2.75, 3.05) is 24.8 Å². The van der Waals surface area contributed by atoms with Gasteiger partial charge in [-0.25, -0.2) is 4.79 Å². The van der Waals surface area contributed by atoms with Gasteiger partial charge in [-0.3, -0.25) is 4.90 Å². The number of rotatable bonds is 4. The van der Waals surface area contributed by atoms with E-state index in [9.17, 15) is 4.79 Å². The molecule has 0 heterocycles. The number of hydrogen-bond donors (Lipinski definition) is 2. The maximum Gasteiger partial charge on any atom is 0.411 e. The molecule has 0 bridgehead atoms. The summed E-state index contributed by atoms with van der Waals surface area (Å²) < 4.78 is 10.7. The van der Waals surface area contributed by atoms with Gasteiger partial charge >= 0.3 is 6.09 Å². The molecule has 0 aliphatic carbocycles. The van der Waals surface area contributed by atoms with E-state index < -0.39 is 6.09 Å². The van der Waals surface area contributed by atoms with Gasteiger partial charge in [0.1, 0.15) is 17.2 Å². The van der Waals surface area contributed by atoms with Crippen molar-refractivity contribution in [3.8, 4) is 17.2 Å². The second kappa shape index (κ2) is 6.04. The highest BCUT2D eigenvalue weighted by molar-refractivity contribution is 5.90. The van der Waals surface area contributed by atoms with Gasteiger partial charge in [0.15, 0.2) is 0 Å². The molecule has 0 fully saturated rings. The Hall–Kier alpha value is -2.89. The van der Waals surface area contributed by atoms with E-state index in [1.807, 2.05) is 0 Å². The van der Waals surface area contributed by atoms with Crippen molar-refractivity contribution in [2.24, 2.45) is 0 Å². The van der Waals surface area contributed by atoms with Crippen LogP contribution in [0.5, 0.6) is 17.2 Å². The van der Waals surface area contributed by atoms with Crippen molar-refractivity contribution in [3.63, 3.8) is 0 Å². The third-order valence-electron chi connectivity index (χ3n) is 2.95. The number of methoxy groups -OCH3 is 1. The van der Waals surface area contributed by atoms with E-state index in [0.29, 0.717) is 22.9 Å². The molecule has 6 heteroatoms. The number of benzene rings is 2. The molecular weight excluding hydrogens is 272 g/mol. The Kier molecular flexibility index (Phi) is 4.18. The third kappa shape index (κ3) is 3.36. The molecule has 0 aliphatic rings. The molecule has 3 N–H and O–H groups in total. The fourth-order valence-corrected chi connectivity index (χ4v) is 1.76. The summed E-state index contributed by atoms with van der Waals surface area (Å²) in [4.78, 5) is 12.0. The van der Waals surface area contributed by atoms with E-state index in [1.165, 1.54) is 7.05 Å². The van der Waals surface area contributed by atoms with Gasteiger partial charge < -0.3 is 20.3 Å². The van der Waals surface area contributed by atoms with Crippen LogP contribution >= 0.6 is 0 Å². The highest BCUT2D eigenvalue weighted by atomic mass is 16.5. The van der Waals surface area contributed by atoms with E-state index in [2.05, 4.69) is 0 Å². The molecule has 110 valence electrons. The summed E-state index contributed by atoms with van der Waals surface area (Å²) in [5.41, 5.74) is 6.51. The first-order valence-corrected chi connectivity index (χ1v) is 6.19. The number of carboxylic acid groups (broad SMARTS) is 1. The van der Waals surface area contributed by atoms with Crippen LogP contribution in [-0.2, 0) is 0 Å². The zero-order chi connectivity index (χ0) is 15.4. The molecular formula is C15H16N2O4. The number of amides is 1. The van der Waals surface area contributed by atoms with Crippen LogP contribution in [0.15, 0.2) is 42.5 Å². The van der Waals surface area contributed by atoms with Gasteiger partial charge in [-0.2, -0.15) is 0 Å². The molecule has 0 radical (unpaired) electrons. The average molecular weight is 288 g/mol. The highest BCUT2D eigenvalue weighted by Crippen LogP contribution is 2.31. The molecule has 0 saturated carbocycles. The first-order valence-electron chi connectivity index (χ1n) is 6.19. The predicted octanol–water partition coefficient (Wildman–Crippen LogP) is 3.18. The smallest absolute Gasteiger partial charge is 0.411 e. The number of nitrogens with zero attached hydrogens (tertiary/aromatic N) is 1. The van der Waals surface area contributed by atoms with E-state index in [0.717, 1.165) is 10.6 Å². The first kappa shape index (κ1) is 14.5. The second-order valence-corrected chi connectivity index (χ2v) is 4.34. The van der Waals surface area contributed by atoms with Gasteiger partial charge in [-0.15, -0.1) is 0 Å². The van der Waals surface area contributed by atoms with Crippen molar-refractivity contribution in [3.05, 3.63) is 42.5 Å². The summed E-state index contributed by atoms with van der Waals surface area (Å²) in [7, 11) is 3.01. The number of hydrogen-bond acceptors (Lipinski definition) is 4. The molecule has 0 aromatic heterocycles. The molecule has 0 aliphatic heterocycles. The standard InChI is InChI=1S/C15H16N2O4/c1-17(15(18)19)14-9-12(7-8-13(14)16)21-11-5-3-10(20-2)4-6-11/h3-9H,16H2,1-2H3,(H,18,19). The molecule has 0 atom stereocenters. The van der Waals surface area contributed by atoms with Crippen molar-refractivity contribution < 1.29 is 19.4 Å². The van der Waals surface area contributed by atoms with Gasteiger partial charge in [0.05, 0.1) is 18.5 Å². The van der Waals surface area contributed by atoms with Gasteiger partial charge in [0.25, 0.3) is 0 Å². The van der Waals surface area contributed by atoms with Crippen molar-refractivity contribution in [2.45, 2.75) is 0 Å². The lowest BCUT2D eigenvalue weighted by Crippen LogP contribution is -2.24. The zero-order valence-electron chi connectivity index (χ0n) is 11.7. The molecule has 0 unspecified atom stereocenters. The van der Waals surface area contributed by atoms with Crippen LogP contribution < -0.4 is 20.1 Å². The molecule has 2 rings (SSSR count). The quantitative estimate of drug-likeness (QED) is 0.844. The van der Waals surface area contributed by atoms with Crippen LogP contribution in [0.4, 0.5) is 16.2 Å². The lowest BCUT2D eigenvalue weighted by molar-refractivity contribution is 0.203. The summed E-state index contributed by atoms with van der Waals surface area (Å²) in [6.45, 7) is 0. The molecule has 2 aromatic carbocycles. The van der Waals surface area contributed by atoms with Crippen molar-refractivity contribution >= 4 is 17.5 Å². The molecule has 2 aromatic rings. The SMILES string of the molecule is COc1ccc(Oc2ccc(N)c(N(C)C(=O)O)c2)cc1. The van der Waals surface area contributed by atoms with Crippen LogP contribution in [0.3, 0.4) is 0 Å². The normalized spacial score (nSPS) is 10.0.